The van der Waals surface area contributed by atoms with E-state index in [1.54, 1.807) is 17.4 Å². The fraction of sp³-hybridized carbons (Fsp3) is 0.235. The maximum Gasteiger partial charge on any atom is 0.131 e. The van der Waals surface area contributed by atoms with Crippen LogP contribution in [-0.2, 0) is 0 Å². The van der Waals surface area contributed by atoms with Crippen molar-refractivity contribution >= 4 is 5.70 Å². The first-order valence-electron chi connectivity index (χ1n) is 6.98. The van der Waals surface area contributed by atoms with Crippen LogP contribution in [0.4, 0.5) is 4.39 Å². The summed E-state index contributed by atoms with van der Waals surface area (Å²) < 4.78 is 14.0. The van der Waals surface area contributed by atoms with E-state index in [-0.39, 0.29) is 5.82 Å². The Balaban J connectivity index is 2.18. The Morgan fingerprint density at radius 1 is 1.18 bits per heavy atom. The van der Waals surface area contributed by atoms with Gasteiger partial charge in [-0.25, -0.2) is 9.40 Å². The quantitative estimate of drug-likeness (QED) is 0.860. The summed E-state index contributed by atoms with van der Waals surface area (Å²) in [7, 11) is 5.70. The maximum absolute atomic E-state index is 14.0. The van der Waals surface area contributed by atoms with Gasteiger partial charge in [0.05, 0.1) is 11.4 Å². The molecular weight excluding hydrogens is 279 g/mol. The largest absolute Gasteiger partial charge is 0.304 e. The summed E-state index contributed by atoms with van der Waals surface area (Å²) >= 11 is 0. The van der Waals surface area contributed by atoms with Crippen LogP contribution in [0.5, 0.6) is 0 Å². The lowest BCUT2D eigenvalue weighted by Crippen LogP contribution is -2.42. The number of hydrazine groups is 2. The SMILES string of the molecule is C=C(NN(C)N(C)C)c1ccc(-c2ccc(C)cc2F)cn1. The first kappa shape index (κ1) is 16.1. The molecule has 0 atom stereocenters. The van der Waals surface area contributed by atoms with Crippen molar-refractivity contribution in [2.24, 2.45) is 0 Å². The first-order chi connectivity index (χ1) is 10.4. The second kappa shape index (κ2) is 6.68. The zero-order chi connectivity index (χ0) is 16.3. The summed E-state index contributed by atoms with van der Waals surface area (Å²) in [4.78, 5) is 4.36. The Hall–Kier alpha value is -2.24. The van der Waals surface area contributed by atoms with Crippen LogP contribution in [0.3, 0.4) is 0 Å². The molecule has 0 saturated carbocycles. The molecule has 0 fully saturated rings. The van der Waals surface area contributed by atoms with Crippen molar-refractivity contribution in [3.63, 3.8) is 0 Å². The lowest BCUT2D eigenvalue weighted by Gasteiger charge is -2.26. The van der Waals surface area contributed by atoms with Gasteiger partial charge >= 0.3 is 0 Å². The van der Waals surface area contributed by atoms with Gasteiger partial charge in [-0.3, -0.25) is 4.98 Å². The van der Waals surface area contributed by atoms with Crippen LogP contribution in [0.2, 0.25) is 0 Å². The van der Waals surface area contributed by atoms with Gasteiger partial charge < -0.3 is 5.43 Å². The van der Waals surface area contributed by atoms with Crippen molar-refractivity contribution in [1.82, 2.24) is 20.5 Å². The molecule has 2 rings (SSSR count). The third kappa shape index (κ3) is 3.69. The third-order valence-electron chi connectivity index (χ3n) is 3.41. The standard InChI is InChI=1S/C17H21FN4/c1-12-6-8-15(16(18)10-12)14-7-9-17(19-11-14)13(2)20-22(5)21(3)4/h6-11,20H,2H2,1,3-5H3. The highest BCUT2D eigenvalue weighted by atomic mass is 19.1. The number of halogens is 1. The Kier molecular flexibility index (Phi) is 4.90. The predicted molar refractivity (Wildman–Crippen MR) is 88.0 cm³/mol. The number of benzene rings is 1. The van der Waals surface area contributed by atoms with E-state index in [2.05, 4.69) is 17.0 Å². The molecule has 0 saturated heterocycles. The second-order valence-corrected chi connectivity index (χ2v) is 5.38. The molecule has 0 radical (unpaired) electrons. The average molecular weight is 300 g/mol. The molecule has 0 aliphatic rings. The molecule has 0 aliphatic carbocycles. The highest BCUT2D eigenvalue weighted by Crippen LogP contribution is 2.23. The van der Waals surface area contributed by atoms with Gasteiger partial charge in [0.25, 0.3) is 0 Å². The van der Waals surface area contributed by atoms with Crippen molar-refractivity contribution in [2.45, 2.75) is 6.92 Å². The van der Waals surface area contributed by atoms with Gasteiger partial charge in [0.2, 0.25) is 0 Å². The first-order valence-corrected chi connectivity index (χ1v) is 6.98. The molecule has 0 bridgehead atoms. The molecule has 22 heavy (non-hydrogen) atoms. The van der Waals surface area contributed by atoms with Crippen molar-refractivity contribution in [3.05, 3.63) is 60.2 Å². The fourth-order valence-corrected chi connectivity index (χ4v) is 1.94. The van der Waals surface area contributed by atoms with E-state index in [1.165, 1.54) is 6.07 Å². The van der Waals surface area contributed by atoms with Crippen LogP contribution in [0.25, 0.3) is 16.8 Å². The number of hydrogen-bond acceptors (Lipinski definition) is 4. The number of aromatic nitrogens is 1. The van der Waals surface area contributed by atoms with Crippen LogP contribution in [-0.4, -0.2) is 36.3 Å². The summed E-state index contributed by atoms with van der Waals surface area (Å²) in [5.74, 6) is -0.237. The van der Waals surface area contributed by atoms with Crippen molar-refractivity contribution < 1.29 is 4.39 Å². The van der Waals surface area contributed by atoms with E-state index in [0.29, 0.717) is 17.0 Å². The van der Waals surface area contributed by atoms with Gasteiger partial charge in [-0.2, -0.15) is 5.12 Å². The minimum absolute atomic E-state index is 0.237. The summed E-state index contributed by atoms with van der Waals surface area (Å²) in [6.07, 6.45) is 1.66. The normalized spacial score (nSPS) is 11.0. The molecule has 0 spiro atoms. The fourth-order valence-electron chi connectivity index (χ4n) is 1.94. The van der Waals surface area contributed by atoms with Gasteiger partial charge in [-0.05, 0) is 24.6 Å². The molecule has 2 aromatic rings. The van der Waals surface area contributed by atoms with E-state index in [1.807, 2.05) is 51.3 Å². The molecule has 0 aliphatic heterocycles. The van der Waals surface area contributed by atoms with E-state index in [0.717, 1.165) is 11.1 Å². The van der Waals surface area contributed by atoms with Crippen LogP contribution in [0.15, 0.2) is 43.1 Å². The molecule has 5 heteroatoms. The van der Waals surface area contributed by atoms with Gasteiger partial charge in [0.1, 0.15) is 5.82 Å². The van der Waals surface area contributed by atoms with Crippen LogP contribution >= 0.6 is 0 Å². The van der Waals surface area contributed by atoms with Crippen molar-refractivity contribution in [1.29, 1.82) is 0 Å². The third-order valence-corrected chi connectivity index (χ3v) is 3.41. The topological polar surface area (TPSA) is 31.4 Å². The number of rotatable bonds is 5. The van der Waals surface area contributed by atoms with Gasteiger partial charge in [0.15, 0.2) is 0 Å². The zero-order valence-electron chi connectivity index (χ0n) is 13.4. The van der Waals surface area contributed by atoms with E-state index >= 15 is 0 Å². The number of nitrogens with one attached hydrogen (secondary N) is 1. The minimum Gasteiger partial charge on any atom is -0.304 e. The van der Waals surface area contributed by atoms with E-state index in [4.69, 9.17) is 0 Å². The van der Waals surface area contributed by atoms with Gasteiger partial charge in [-0.15, -0.1) is 0 Å². The summed E-state index contributed by atoms with van der Waals surface area (Å²) in [5.41, 5.74) is 6.68. The molecule has 4 nitrogen and oxygen atoms in total. The second-order valence-electron chi connectivity index (χ2n) is 5.38. The average Bonchev–Trinajstić information content (AvgIpc) is 2.47. The Bertz CT molecular complexity index is 665. The van der Waals surface area contributed by atoms with Crippen LogP contribution in [0.1, 0.15) is 11.3 Å². The number of pyridine rings is 1. The molecule has 1 N–H and O–H groups in total. The number of hydrogen-bond donors (Lipinski definition) is 1. The summed E-state index contributed by atoms with van der Waals surface area (Å²) in [5, 5.41) is 3.67. The molecule has 1 heterocycles. The predicted octanol–water partition coefficient (Wildman–Crippen LogP) is 3.08. The molecule has 0 amide bonds. The molecule has 1 aromatic carbocycles. The van der Waals surface area contributed by atoms with Crippen molar-refractivity contribution in [3.8, 4) is 11.1 Å². The smallest absolute Gasteiger partial charge is 0.131 e. The van der Waals surface area contributed by atoms with E-state index < -0.39 is 0 Å². The monoisotopic (exact) mass is 300 g/mol. The van der Waals surface area contributed by atoms with Crippen LogP contribution < -0.4 is 5.43 Å². The summed E-state index contributed by atoms with van der Waals surface area (Å²) in [6, 6.07) is 8.86. The highest BCUT2D eigenvalue weighted by molar-refractivity contribution is 5.66. The molecule has 0 unspecified atom stereocenters. The minimum atomic E-state index is -0.237. The zero-order valence-corrected chi connectivity index (χ0v) is 13.4. The Labute approximate surface area is 130 Å². The molecule has 1 aromatic heterocycles. The lowest BCUT2D eigenvalue weighted by atomic mass is 10.0. The Morgan fingerprint density at radius 2 is 1.91 bits per heavy atom. The number of nitrogens with zero attached hydrogens (tertiary/aromatic N) is 3. The van der Waals surface area contributed by atoms with Crippen molar-refractivity contribution in [2.75, 3.05) is 21.1 Å². The molecule has 116 valence electrons. The van der Waals surface area contributed by atoms with E-state index in [9.17, 15) is 4.39 Å². The maximum atomic E-state index is 14.0. The Morgan fingerprint density at radius 3 is 2.45 bits per heavy atom. The van der Waals surface area contributed by atoms with Crippen LogP contribution in [0, 0.1) is 12.7 Å². The van der Waals surface area contributed by atoms with Gasteiger partial charge in [0, 0.05) is 38.5 Å². The molecular formula is C17H21FN4. The van der Waals surface area contributed by atoms with Gasteiger partial charge in [-0.1, -0.05) is 24.8 Å². The number of aryl methyl sites for hydroxylation is 1. The lowest BCUT2D eigenvalue weighted by molar-refractivity contribution is 0.0227. The summed E-state index contributed by atoms with van der Waals surface area (Å²) in [6.45, 7) is 5.83. The highest BCUT2D eigenvalue weighted by Gasteiger charge is 2.08.